The zero-order chi connectivity index (χ0) is 41.3. The average Bonchev–Trinajstić information content (AvgIpc) is 3.95. The summed E-state index contributed by atoms with van der Waals surface area (Å²) in [5.41, 5.74) is 12.3. The van der Waals surface area contributed by atoms with Crippen LogP contribution in [0.25, 0.3) is 45.0 Å². The van der Waals surface area contributed by atoms with E-state index < -0.39 is 11.8 Å². The molecule has 0 aliphatic carbocycles. The molecule has 3 aromatic carbocycles. The number of para-hydroxylation sites is 3. The van der Waals surface area contributed by atoms with Crippen molar-refractivity contribution in [1.29, 1.82) is 0 Å². The van der Waals surface area contributed by atoms with E-state index in [-0.39, 0.29) is 29.3 Å². The molecular formula is C44H41N15O2. The molecular weight excluding hydrogens is 771 g/mol. The van der Waals surface area contributed by atoms with E-state index in [2.05, 4.69) is 50.9 Å². The first-order chi connectivity index (χ1) is 30.0. The molecule has 2 saturated heterocycles. The van der Waals surface area contributed by atoms with Gasteiger partial charge in [0.25, 0.3) is 23.7 Å². The van der Waals surface area contributed by atoms with Gasteiger partial charge in [0.05, 0.1) is 58.1 Å². The fraction of sp³-hybridized carbons (Fsp3) is 0.205. The number of hydrogen-bond donors (Lipinski definition) is 4. The molecule has 7 heterocycles. The van der Waals surface area contributed by atoms with Gasteiger partial charge in [0.1, 0.15) is 11.4 Å². The number of piperazine rings is 1. The van der Waals surface area contributed by atoms with Crippen molar-refractivity contribution in [3.63, 3.8) is 0 Å². The van der Waals surface area contributed by atoms with E-state index in [9.17, 15) is 9.59 Å². The van der Waals surface area contributed by atoms with Crippen LogP contribution in [0.1, 0.15) is 33.8 Å². The van der Waals surface area contributed by atoms with Gasteiger partial charge in [-0.3, -0.25) is 14.6 Å². The molecule has 2 aliphatic rings. The first kappa shape index (κ1) is 37.6. The number of hydrogen-bond acceptors (Lipinski definition) is 13. The van der Waals surface area contributed by atoms with E-state index in [1.54, 1.807) is 46.3 Å². The molecule has 2 fully saturated rings. The Morgan fingerprint density at radius 2 is 1.44 bits per heavy atom. The van der Waals surface area contributed by atoms with Crippen molar-refractivity contribution in [2.75, 3.05) is 59.7 Å². The van der Waals surface area contributed by atoms with Crippen molar-refractivity contribution < 1.29 is 9.59 Å². The predicted octanol–water partition coefficient (Wildman–Crippen LogP) is 4.85. The van der Waals surface area contributed by atoms with Crippen LogP contribution in [0.2, 0.25) is 0 Å². The van der Waals surface area contributed by atoms with Crippen LogP contribution in [0, 0.1) is 0 Å². The molecule has 0 saturated carbocycles. The summed E-state index contributed by atoms with van der Waals surface area (Å²) in [5.74, 6) is -0.391. The number of piperidine rings is 1. The molecule has 5 N–H and O–H groups in total. The summed E-state index contributed by atoms with van der Waals surface area (Å²) in [4.78, 5) is 55.5. The number of nitrogens with one attached hydrogen (secondary N) is 3. The average molecular weight is 812 g/mol. The molecule has 17 heteroatoms. The first-order valence-corrected chi connectivity index (χ1v) is 20.2. The quantitative estimate of drug-likeness (QED) is 0.154. The number of anilines is 4. The van der Waals surface area contributed by atoms with Gasteiger partial charge in [-0.1, -0.05) is 42.5 Å². The molecule has 2 amide bonds. The van der Waals surface area contributed by atoms with E-state index in [4.69, 9.17) is 15.7 Å². The van der Waals surface area contributed by atoms with Gasteiger partial charge in [-0.2, -0.15) is 19.6 Å². The minimum atomic E-state index is -0.409. The highest BCUT2D eigenvalue weighted by molar-refractivity contribution is 6.06. The number of nitrogens with zero attached hydrogens (tertiary/aromatic N) is 11. The first-order valence-electron chi connectivity index (χ1n) is 20.2. The monoisotopic (exact) mass is 811 g/mol. The third-order valence-electron chi connectivity index (χ3n) is 11.0. The van der Waals surface area contributed by atoms with Crippen molar-refractivity contribution in [1.82, 2.24) is 49.8 Å². The maximum atomic E-state index is 14.3. The van der Waals surface area contributed by atoms with Gasteiger partial charge < -0.3 is 31.5 Å². The Balaban J connectivity index is 0.997. The lowest BCUT2D eigenvalue weighted by Crippen LogP contribution is -2.43. The van der Waals surface area contributed by atoms with Gasteiger partial charge in [-0.05, 0) is 55.3 Å². The molecule has 61 heavy (non-hydrogen) atoms. The molecule has 2 aliphatic heterocycles. The van der Waals surface area contributed by atoms with Gasteiger partial charge in [0.2, 0.25) is 0 Å². The Hall–Kier alpha value is -7.63. The Kier molecular flexibility index (Phi) is 9.99. The molecule has 8 aromatic rings. The highest BCUT2D eigenvalue weighted by Crippen LogP contribution is 2.32. The van der Waals surface area contributed by atoms with E-state index in [0.717, 1.165) is 67.8 Å². The van der Waals surface area contributed by atoms with Gasteiger partial charge in [-0.15, -0.1) is 0 Å². The van der Waals surface area contributed by atoms with Crippen LogP contribution < -0.4 is 31.5 Å². The summed E-state index contributed by atoms with van der Waals surface area (Å²) < 4.78 is 3.21. The zero-order valence-corrected chi connectivity index (χ0v) is 33.0. The third kappa shape index (κ3) is 7.47. The van der Waals surface area contributed by atoms with Crippen molar-refractivity contribution in [2.24, 2.45) is 5.73 Å². The second-order valence-electron chi connectivity index (χ2n) is 15.0. The molecule has 0 spiro atoms. The molecule has 17 nitrogen and oxygen atoms in total. The standard InChI is InChI=1S/C44H41N15O2/c45-29-8-6-20-57(27-29)39-12-4-2-10-32(39)51-42(61)35-23-34(54-44(55-35)58-37-11-3-1-7-28(37)24-49-58)30-9-5-13-38-31(30)25-50-59(38)43-48-17-14-33(53-43)41(60)52-36-26-47-16-15-40(36)56-21-18-46-19-22-56/h1-5,7,9-17,23-26,29,46H,6,8,18-22,27,45H2,(H,51,61)(H,52,60)/t29-/m0/s1. The maximum Gasteiger partial charge on any atom is 0.274 e. The largest absolute Gasteiger partial charge is 0.368 e. The molecule has 0 bridgehead atoms. The molecule has 10 rings (SSSR count). The van der Waals surface area contributed by atoms with E-state index >= 15 is 0 Å². The third-order valence-corrected chi connectivity index (χ3v) is 11.0. The SMILES string of the molecule is N[C@H]1CCCN(c2ccccc2NC(=O)c2cc(-c3cccc4c3cnn4-c3nccc(C(=O)Nc4cnccc4N4CCNCC4)n3)nc(-n3ncc4ccccc43)n2)C1. The Morgan fingerprint density at radius 1 is 0.689 bits per heavy atom. The molecule has 5 aromatic heterocycles. The van der Waals surface area contributed by atoms with Crippen molar-refractivity contribution in [3.8, 4) is 23.2 Å². The van der Waals surface area contributed by atoms with E-state index in [1.807, 2.05) is 72.8 Å². The number of pyridine rings is 1. The number of nitrogens with two attached hydrogens (primary N) is 1. The van der Waals surface area contributed by atoms with E-state index in [1.165, 1.54) is 6.20 Å². The smallest absolute Gasteiger partial charge is 0.274 e. The lowest BCUT2D eigenvalue weighted by Gasteiger charge is -2.33. The van der Waals surface area contributed by atoms with Crippen LogP contribution in [0.5, 0.6) is 0 Å². The fourth-order valence-electron chi connectivity index (χ4n) is 8.05. The highest BCUT2D eigenvalue weighted by Gasteiger charge is 2.24. The Labute approximate surface area is 349 Å². The number of amides is 2. The second-order valence-corrected chi connectivity index (χ2v) is 15.0. The van der Waals surface area contributed by atoms with Crippen LogP contribution in [-0.2, 0) is 0 Å². The van der Waals surface area contributed by atoms with Gasteiger partial charge in [0, 0.05) is 74.0 Å². The second kappa shape index (κ2) is 16.2. The van der Waals surface area contributed by atoms with Crippen LogP contribution in [0.3, 0.4) is 0 Å². The Morgan fingerprint density at radius 3 is 2.34 bits per heavy atom. The number of carbonyl (C=O) groups is 2. The van der Waals surface area contributed by atoms with Crippen molar-refractivity contribution >= 4 is 56.4 Å². The topological polar surface area (TPSA) is 203 Å². The van der Waals surface area contributed by atoms with Gasteiger partial charge in [-0.25, -0.2) is 19.9 Å². The molecule has 304 valence electrons. The molecule has 1 atom stereocenters. The minimum Gasteiger partial charge on any atom is -0.368 e. The Bertz CT molecular complexity index is 2920. The van der Waals surface area contributed by atoms with Crippen LogP contribution >= 0.6 is 0 Å². The summed E-state index contributed by atoms with van der Waals surface area (Å²) in [6, 6.07) is 26.3. The maximum absolute atomic E-state index is 14.3. The van der Waals surface area contributed by atoms with Crippen LogP contribution in [0.15, 0.2) is 116 Å². The molecule has 0 radical (unpaired) electrons. The van der Waals surface area contributed by atoms with Crippen molar-refractivity contribution in [3.05, 3.63) is 127 Å². The summed E-state index contributed by atoms with van der Waals surface area (Å²) in [6.45, 7) is 4.87. The number of aromatic nitrogens is 9. The lowest BCUT2D eigenvalue weighted by molar-refractivity contribution is 0.101. The number of benzene rings is 3. The van der Waals surface area contributed by atoms with Crippen molar-refractivity contribution in [2.45, 2.75) is 18.9 Å². The van der Waals surface area contributed by atoms with E-state index in [0.29, 0.717) is 40.1 Å². The van der Waals surface area contributed by atoms with Gasteiger partial charge in [0.15, 0.2) is 0 Å². The predicted molar refractivity (Wildman–Crippen MR) is 233 cm³/mol. The summed E-state index contributed by atoms with van der Waals surface area (Å²) in [6.07, 6.45) is 10.3. The number of rotatable bonds is 9. The normalized spacial score (nSPS) is 15.6. The van der Waals surface area contributed by atoms with Gasteiger partial charge >= 0.3 is 0 Å². The lowest BCUT2D eigenvalue weighted by atomic mass is 10.1. The summed E-state index contributed by atoms with van der Waals surface area (Å²) in [7, 11) is 0. The summed E-state index contributed by atoms with van der Waals surface area (Å²) in [5, 5.41) is 20.4. The fourth-order valence-corrected chi connectivity index (χ4v) is 8.05. The summed E-state index contributed by atoms with van der Waals surface area (Å²) >= 11 is 0. The van der Waals surface area contributed by atoms with Crippen LogP contribution in [-0.4, -0.2) is 102 Å². The minimum absolute atomic E-state index is 0.0591. The highest BCUT2D eigenvalue weighted by atomic mass is 16.2. The van der Waals surface area contributed by atoms with Crippen LogP contribution in [0.4, 0.5) is 22.7 Å². The number of fused-ring (bicyclic) bond motifs is 2. The molecule has 0 unspecified atom stereocenters. The zero-order valence-electron chi connectivity index (χ0n) is 33.0. The number of carbonyl (C=O) groups excluding carboxylic acids is 2.